The molecule has 190 valence electrons. The molecule has 0 aliphatic carbocycles. The van der Waals surface area contributed by atoms with Crippen LogP contribution in [0, 0.1) is 5.82 Å². The zero-order valence-electron chi connectivity index (χ0n) is 20.0. The molecular weight excluding hydrogens is 503 g/mol. The predicted molar refractivity (Wildman–Crippen MR) is 139 cm³/mol. The van der Waals surface area contributed by atoms with E-state index in [4.69, 9.17) is 31.5 Å². The second-order valence-electron chi connectivity index (χ2n) is 7.96. The Morgan fingerprint density at radius 2 is 1.81 bits per heavy atom. The summed E-state index contributed by atoms with van der Waals surface area (Å²) in [6, 6.07) is 13.9. The highest BCUT2D eigenvalue weighted by molar-refractivity contribution is 6.36. The number of aromatic nitrogens is 1. The summed E-state index contributed by atoms with van der Waals surface area (Å²) in [7, 11) is 4.68. The maximum Gasteiger partial charge on any atom is 0.417 e. The smallest absolute Gasteiger partial charge is 0.417 e. The van der Waals surface area contributed by atoms with Crippen LogP contribution in [0.1, 0.15) is 10.4 Å². The van der Waals surface area contributed by atoms with Gasteiger partial charge in [-0.25, -0.2) is 9.18 Å². The molecule has 0 atom stereocenters. The topological polar surface area (TPSA) is 116 Å². The Morgan fingerprint density at radius 1 is 1.08 bits per heavy atom. The molecule has 0 saturated carbocycles. The monoisotopic (exact) mass is 524 g/mol. The first-order chi connectivity index (χ1) is 17.7. The number of nitrogens with two attached hydrogens (primary N) is 1. The maximum atomic E-state index is 15.4. The average molecular weight is 525 g/mol. The largest absolute Gasteiger partial charge is 0.496 e. The number of benzene rings is 3. The van der Waals surface area contributed by atoms with E-state index < -0.39 is 17.8 Å². The maximum absolute atomic E-state index is 15.4. The fourth-order valence-corrected chi connectivity index (χ4v) is 3.98. The van der Waals surface area contributed by atoms with Crippen molar-refractivity contribution in [1.82, 2.24) is 4.98 Å². The Hall–Kier alpha value is -4.57. The van der Waals surface area contributed by atoms with Gasteiger partial charge in [0.1, 0.15) is 22.9 Å². The molecule has 0 spiro atoms. The van der Waals surface area contributed by atoms with Crippen LogP contribution in [0.4, 0.5) is 20.6 Å². The fourth-order valence-electron chi connectivity index (χ4n) is 3.62. The Bertz CT molecular complexity index is 1500. The highest BCUT2D eigenvalue weighted by Gasteiger charge is 2.24. The molecule has 3 N–H and O–H groups in total. The lowest BCUT2D eigenvalue weighted by Gasteiger charge is -2.22. The summed E-state index contributed by atoms with van der Waals surface area (Å²) in [5.41, 5.74) is 6.17. The lowest BCUT2D eigenvalue weighted by Crippen LogP contribution is -2.19. The molecule has 9 nitrogen and oxygen atoms in total. The van der Waals surface area contributed by atoms with Crippen LogP contribution in [0.5, 0.6) is 23.0 Å². The van der Waals surface area contributed by atoms with Gasteiger partial charge in [0.15, 0.2) is 11.6 Å². The van der Waals surface area contributed by atoms with Crippen LogP contribution in [-0.4, -0.2) is 38.2 Å². The SMILES string of the molecule is COc1cc2nccc(Oc3c(F)cc(NC(=O)Oc4ccccc4)c(Cl)c3N(C)C)c2cc1C(N)=O. The number of methoxy groups -OCH3 is 1. The fraction of sp³-hybridized carbons (Fsp3) is 0.115. The van der Waals surface area contributed by atoms with Crippen LogP contribution in [0.15, 0.2) is 60.8 Å². The van der Waals surface area contributed by atoms with Crippen molar-refractivity contribution in [1.29, 1.82) is 0 Å². The standard InChI is InChI=1S/C26H22ClFN4O5/c1-32(2)23-22(27)19(31-26(34)36-14-7-5-4-6-8-14)12-17(28)24(23)37-20-9-10-30-18-13-21(35-3)16(25(29)33)11-15(18)20/h4-13H,1-3H3,(H2,29,33)(H,31,34). The molecule has 1 heterocycles. The number of hydrogen-bond acceptors (Lipinski definition) is 7. The molecule has 37 heavy (non-hydrogen) atoms. The van der Waals surface area contributed by atoms with E-state index in [2.05, 4.69) is 10.3 Å². The first kappa shape index (κ1) is 25.5. The van der Waals surface area contributed by atoms with Crippen LogP contribution in [-0.2, 0) is 0 Å². The van der Waals surface area contributed by atoms with E-state index >= 15 is 4.39 Å². The van der Waals surface area contributed by atoms with Crippen LogP contribution in [0.3, 0.4) is 0 Å². The molecule has 0 unspecified atom stereocenters. The summed E-state index contributed by atoms with van der Waals surface area (Å²) in [4.78, 5) is 30.1. The van der Waals surface area contributed by atoms with Gasteiger partial charge in [-0.05, 0) is 24.3 Å². The number of hydrogen-bond donors (Lipinski definition) is 2. The number of amides is 2. The Labute approximate surface area is 216 Å². The van der Waals surface area contributed by atoms with E-state index in [0.29, 0.717) is 16.7 Å². The summed E-state index contributed by atoms with van der Waals surface area (Å²) in [5, 5.41) is 2.87. The zero-order valence-corrected chi connectivity index (χ0v) is 20.8. The summed E-state index contributed by atoms with van der Waals surface area (Å²) in [6.45, 7) is 0. The van der Waals surface area contributed by atoms with Gasteiger partial charge in [-0.1, -0.05) is 29.8 Å². The number of carbonyl (C=O) groups excluding carboxylic acids is 2. The number of carbonyl (C=O) groups is 2. The summed E-state index contributed by atoms with van der Waals surface area (Å²) in [6.07, 6.45) is 0.615. The molecule has 1 aromatic heterocycles. The number of ether oxygens (including phenoxy) is 3. The minimum atomic E-state index is -0.848. The number of pyridine rings is 1. The third kappa shape index (κ3) is 5.34. The summed E-state index contributed by atoms with van der Waals surface area (Å²) < 4.78 is 31.8. The van der Waals surface area contributed by atoms with Crippen molar-refractivity contribution < 1.29 is 28.2 Å². The molecule has 4 aromatic rings. The normalized spacial score (nSPS) is 10.6. The number of rotatable bonds is 7. The van der Waals surface area contributed by atoms with Gasteiger partial charge in [0, 0.05) is 37.8 Å². The third-order valence-corrected chi connectivity index (χ3v) is 5.67. The molecule has 2 amide bonds. The van der Waals surface area contributed by atoms with Crippen molar-refractivity contribution in [2.24, 2.45) is 5.73 Å². The van der Waals surface area contributed by atoms with Gasteiger partial charge in [0.05, 0.1) is 28.9 Å². The quantitative estimate of drug-likeness (QED) is 0.323. The van der Waals surface area contributed by atoms with Crippen LogP contribution in [0.25, 0.3) is 10.9 Å². The predicted octanol–water partition coefficient (Wildman–Crippen LogP) is 5.60. The first-order valence-electron chi connectivity index (χ1n) is 10.9. The van der Waals surface area contributed by atoms with E-state index in [9.17, 15) is 9.59 Å². The molecule has 0 aliphatic heterocycles. The number of para-hydroxylation sites is 1. The highest BCUT2D eigenvalue weighted by atomic mass is 35.5. The second-order valence-corrected chi connectivity index (χ2v) is 8.34. The van der Waals surface area contributed by atoms with Crippen LogP contribution < -0.4 is 30.2 Å². The molecule has 0 radical (unpaired) electrons. The van der Waals surface area contributed by atoms with E-state index in [1.807, 2.05) is 0 Å². The summed E-state index contributed by atoms with van der Waals surface area (Å²) >= 11 is 6.57. The number of nitrogens with one attached hydrogen (secondary N) is 1. The molecule has 0 aliphatic rings. The van der Waals surface area contributed by atoms with Crippen molar-refractivity contribution >= 4 is 45.9 Å². The second kappa shape index (κ2) is 10.6. The van der Waals surface area contributed by atoms with Gasteiger partial charge in [0.2, 0.25) is 0 Å². The lowest BCUT2D eigenvalue weighted by atomic mass is 10.1. The number of primary amides is 1. The molecule has 0 saturated heterocycles. The van der Waals surface area contributed by atoms with Gasteiger partial charge < -0.3 is 24.8 Å². The Balaban J connectivity index is 1.74. The van der Waals surface area contributed by atoms with Gasteiger partial charge in [-0.2, -0.15) is 0 Å². The van der Waals surface area contributed by atoms with Crippen LogP contribution >= 0.6 is 11.6 Å². The summed E-state index contributed by atoms with van der Waals surface area (Å²) in [5.74, 6) is -0.990. The van der Waals surface area contributed by atoms with Crippen molar-refractivity contribution in [2.45, 2.75) is 0 Å². The van der Waals surface area contributed by atoms with Crippen molar-refractivity contribution in [2.75, 3.05) is 31.4 Å². The molecule has 0 fully saturated rings. The molecule has 11 heteroatoms. The number of anilines is 2. The van der Waals surface area contributed by atoms with E-state index in [1.54, 1.807) is 44.4 Å². The lowest BCUT2D eigenvalue weighted by molar-refractivity contribution is 0.0997. The molecular formula is C26H22ClFN4O5. The minimum absolute atomic E-state index is 0.0171. The van der Waals surface area contributed by atoms with Gasteiger partial charge in [-0.3, -0.25) is 15.1 Å². The molecule has 4 rings (SSSR count). The van der Waals surface area contributed by atoms with Gasteiger partial charge in [0.25, 0.3) is 5.91 Å². The number of nitrogens with zero attached hydrogens (tertiary/aromatic N) is 2. The van der Waals surface area contributed by atoms with E-state index in [-0.39, 0.29) is 39.2 Å². The zero-order chi connectivity index (χ0) is 26.7. The Kier molecular flexibility index (Phi) is 7.30. The molecule has 3 aromatic carbocycles. The van der Waals surface area contributed by atoms with Crippen molar-refractivity contribution in [3.05, 3.63) is 77.2 Å². The van der Waals surface area contributed by atoms with Crippen molar-refractivity contribution in [3.63, 3.8) is 0 Å². The first-order valence-corrected chi connectivity index (χ1v) is 11.2. The van der Waals surface area contributed by atoms with E-state index in [0.717, 1.165) is 6.07 Å². The number of fused-ring (bicyclic) bond motifs is 1. The highest BCUT2D eigenvalue weighted by Crippen LogP contribution is 2.45. The molecule has 0 bridgehead atoms. The minimum Gasteiger partial charge on any atom is -0.496 e. The van der Waals surface area contributed by atoms with E-state index in [1.165, 1.54) is 36.4 Å². The Morgan fingerprint density at radius 3 is 2.46 bits per heavy atom. The number of halogens is 2. The third-order valence-electron chi connectivity index (χ3n) is 5.29. The average Bonchev–Trinajstić information content (AvgIpc) is 2.86. The van der Waals surface area contributed by atoms with Gasteiger partial charge >= 0.3 is 6.09 Å². The van der Waals surface area contributed by atoms with Gasteiger partial charge in [-0.15, -0.1) is 0 Å². The van der Waals surface area contributed by atoms with Crippen LogP contribution in [0.2, 0.25) is 5.02 Å². The van der Waals surface area contributed by atoms with Crippen molar-refractivity contribution in [3.8, 4) is 23.0 Å².